The van der Waals surface area contributed by atoms with E-state index in [-0.39, 0.29) is 12.2 Å². The fourth-order valence-electron chi connectivity index (χ4n) is 1.91. The molecule has 1 unspecified atom stereocenters. The van der Waals surface area contributed by atoms with Gasteiger partial charge in [0.1, 0.15) is 5.82 Å². The lowest BCUT2D eigenvalue weighted by Crippen LogP contribution is -2.11. The molecule has 100 valence electrons. The molecule has 18 heavy (non-hydrogen) atoms. The summed E-state index contributed by atoms with van der Waals surface area (Å²) in [5.74, 6) is -0.340. The van der Waals surface area contributed by atoms with Crippen LogP contribution in [0.1, 0.15) is 37.7 Å². The highest BCUT2D eigenvalue weighted by atomic mass is 35.5. The van der Waals surface area contributed by atoms with Crippen molar-refractivity contribution in [3.05, 3.63) is 47.3 Å². The summed E-state index contributed by atoms with van der Waals surface area (Å²) in [6, 6.07) is 4.59. The molecule has 0 spiro atoms. The third kappa shape index (κ3) is 5.19. The monoisotopic (exact) mass is 270 g/mol. The maximum Gasteiger partial charge on any atom is 0.127 e. The standard InChI is InChI=1S/C15H20ClFO/c1-2-3-4-5-6-8-12(18)11-13-14(16)9-7-10-15(13)17/h2,7,9-10,12,18H,1,3-6,8,11H2. The Morgan fingerprint density at radius 3 is 2.78 bits per heavy atom. The molecule has 0 aliphatic heterocycles. The van der Waals surface area contributed by atoms with E-state index in [1.165, 1.54) is 6.07 Å². The van der Waals surface area contributed by atoms with E-state index in [4.69, 9.17) is 11.6 Å². The van der Waals surface area contributed by atoms with Crippen molar-refractivity contribution in [2.24, 2.45) is 0 Å². The van der Waals surface area contributed by atoms with Gasteiger partial charge < -0.3 is 5.11 Å². The molecule has 1 nitrogen and oxygen atoms in total. The first kappa shape index (κ1) is 15.2. The van der Waals surface area contributed by atoms with E-state index >= 15 is 0 Å². The van der Waals surface area contributed by atoms with Crippen molar-refractivity contribution in [3.8, 4) is 0 Å². The number of aliphatic hydroxyl groups is 1. The van der Waals surface area contributed by atoms with E-state index in [1.54, 1.807) is 12.1 Å². The van der Waals surface area contributed by atoms with Crippen LogP contribution >= 0.6 is 11.6 Å². The van der Waals surface area contributed by atoms with Crippen molar-refractivity contribution in [2.75, 3.05) is 0 Å². The Morgan fingerprint density at radius 1 is 1.33 bits per heavy atom. The molecule has 0 radical (unpaired) electrons. The van der Waals surface area contributed by atoms with Crippen LogP contribution in [0.2, 0.25) is 5.02 Å². The van der Waals surface area contributed by atoms with E-state index in [2.05, 4.69) is 6.58 Å². The largest absolute Gasteiger partial charge is 0.393 e. The predicted molar refractivity (Wildman–Crippen MR) is 74.4 cm³/mol. The highest BCUT2D eigenvalue weighted by Crippen LogP contribution is 2.21. The summed E-state index contributed by atoms with van der Waals surface area (Å²) in [4.78, 5) is 0. The second kappa shape index (κ2) is 8.28. The highest BCUT2D eigenvalue weighted by Gasteiger charge is 2.12. The summed E-state index contributed by atoms with van der Waals surface area (Å²) < 4.78 is 13.5. The molecule has 0 amide bonds. The molecule has 3 heteroatoms. The van der Waals surface area contributed by atoms with E-state index in [0.29, 0.717) is 17.0 Å². The molecule has 0 heterocycles. The lowest BCUT2D eigenvalue weighted by molar-refractivity contribution is 0.160. The van der Waals surface area contributed by atoms with Crippen molar-refractivity contribution in [2.45, 2.75) is 44.6 Å². The Bertz CT molecular complexity index is 359. The molecule has 1 aromatic carbocycles. The van der Waals surface area contributed by atoms with Crippen molar-refractivity contribution >= 4 is 11.6 Å². The number of benzene rings is 1. The SMILES string of the molecule is C=CCCCCCC(O)Cc1c(F)cccc1Cl. The van der Waals surface area contributed by atoms with Crippen LogP contribution in [0.25, 0.3) is 0 Å². The third-order valence-corrected chi connectivity index (χ3v) is 3.30. The maximum atomic E-state index is 13.5. The second-order valence-electron chi connectivity index (χ2n) is 4.48. The van der Waals surface area contributed by atoms with Crippen LogP contribution in [-0.2, 0) is 6.42 Å². The van der Waals surface area contributed by atoms with E-state index in [1.807, 2.05) is 6.08 Å². The molecule has 0 aliphatic rings. The Balaban J connectivity index is 2.35. The van der Waals surface area contributed by atoms with Crippen LogP contribution in [0.3, 0.4) is 0 Å². The Kier molecular flexibility index (Phi) is 6.99. The first-order valence-electron chi connectivity index (χ1n) is 6.37. The fraction of sp³-hybridized carbons (Fsp3) is 0.467. The van der Waals surface area contributed by atoms with E-state index in [9.17, 15) is 9.50 Å². The van der Waals surface area contributed by atoms with Crippen LogP contribution in [0, 0.1) is 5.82 Å². The van der Waals surface area contributed by atoms with Crippen LogP contribution in [0.5, 0.6) is 0 Å². The van der Waals surface area contributed by atoms with E-state index < -0.39 is 6.10 Å². The number of hydrogen-bond donors (Lipinski definition) is 1. The van der Waals surface area contributed by atoms with Crippen LogP contribution in [-0.4, -0.2) is 11.2 Å². The van der Waals surface area contributed by atoms with Gasteiger partial charge in [0.05, 0.1) is 6.10 Å². The minimum atomic E-state index is -0.525. The average molecular weight is 271 g/mol. The van der Waals surface area contributed by atoms with Crippen LogP contribution in [0.4, 0.5) is 4.39 Å². The lowest BCUT2D eigenvalue weighted by atomic mass is 10.0. The fourth-order valence-corrected chi connectivity index (χ4v) is 2.15. The molecule has 0 aliphatic carbocycles. The van der Waals surface area contributed by atoms with Crippen molar-refractivity contribution in [1.82, 2.24) is 0 Å². The third-order valence-electron chi connectivity index (χ3n) is 2.95. The zero-order valence-electron chi connectivity index (χ0n) is 10.5. The molecule has 1 atom stereocenters. The van der Waals surface area contributed by atoms with Gasteiger partial charge in [0.25, 0.3) is 0 Å². The molecule has 1 aromatic rings. The van der Waals surface area contributed by atoms with Gasteiger partial charge in [-0.3, -0.25) is 0 Å². The zero-order chi connectivity index (χ0) is 13.4. The van der Waals surface area contributed by atoms with E-state index in [0.717, 1.165) is 25.7 Å². The van der Waals surface area contributed by atoms with Gasteiger partial charge in [-0.1, -0.05) is 36.6 Å². The number of aliphatic hydroxyl groups excluding tert-OH is 1. The summed E-state index contributed by atoms with van der Waals surface area (Å²) in [6.07, 6.45) is 6.45. The maximum absolute atomic E-state index is 13.5. The summed E-state index contributed by atoms with van der Waals surface area (Å²) >= 11 is 5.91. The summed E-state index contributed by atoms with van der Waals surface area (Å²) in [7, 11) is 0. The number of allylic oxidation sites excluding steroid dienone is 1. The summed E-state index contributed by atoms with van der Waals surface area (Å²) in [5.41, 5.74) is 0.415. The molecule has 0 saturated carbocycles. The minimum Gasteiger partial charge on any atom is -0.393 e. The number of unbranched alkanes of at least 4 members (excludes halogenated alkanes) is 3. The first-order chi connectivity index (χ1) is 8.65. The molecule has 1 N–H and O–H groups in total. The van der Waals surface area contributed by atoms with Crippen LogP contribution < -0.4 is 0 Å². The number of rotatable bonds is 8. The Morgan fingerprint density at radius 2 is 2.11 bits per heavy atom. The molecule has 0 fully saturated rings. The number of hydrogen-bond acceptors (Lipinski definition) is 1. The first-order valence-corrected chi connectivity index (χ1v) is 6.74. The molecular formula is C15H20ClFO. The number of halogens is 2. The molecule has 1 rings (SSSR count). The average Bonchev–Trinajstić information content (AvgIpc) is 2.34. The van der Waals surface area contributed by atoms with Crippen LogP contribution in [0.15, 0.2) is 30.9 Å². The molecule has 0 aromatic heterocycles. The molecule has 0 bridgehead atoms. The van der Waals surface area contributed by atoms with Gasteiger partial charge in [-0.15, -0.1) is 6.58 Å². The normalized spacial score (nSPS) is 12.4. The van der Waals surface area contributed by atoms with Gasteiger partial charge >= 0.3 is 0 Å². The van der Waals surface area contributed by atoms with Crippen molar-refractivity contribution in [3.63, 3.8) is 0 Å². The predicted octanol–water partition coefficient (Wildman–Crippen LogP) is 4.52. The summed E-state index contributed by atoms with van der Waals surface area (Å²) in [5, 5.41) is 10.3. The smallest absolute Gasteiger partial charge is 0.127 e. The van der Waals surface area contributed by atoms with Crippen molar-refractivity contribution in [1.29, 1.82) is 0 Å². The van der Waals surface area contributed by atoms with Crippen molar-refractivity contribution < 1.29 is 9.50 Å². The van der Waals surface area contributed by atoms with Gasteiger partial charge in [-0.05, 0) is 31.4 Å². The summed E-state index contributed by atoms with van der Waals surface area (Å²) in [6.45, 7) is 3.66. The Hall–Kier alpha value is -0.860. The quantitative estimate of drug-likeness (QED) is 0.544. The zero-order valence-corrected chi connectivity index (χ0v) is 11.3. The Labute approximate surface area is 113 Å². The van der Waals surface area contributed by atoms with Gasteiger partial charge in [-0.25, -0.2) is 4.39 Å². The van der Waals surface area contributed by atoms with Gasteiger partial charge in [0.15, 0.2) is 0 Å². The topological polar surface area (TPSA) is 20.2 Å². The highest BCUT2D eigenvalue weighted by molar-refractivity contribution is 6.31. The molecular weight excluding hydrogens is 251 g/mol. The van der Waals surface area contributed by atoms with Gasteiger partial charge in [-0.2, -0.15) is 0 Å². The minimum absolute atomic E-state index is 0.285. The molecule has 0 saturated heterocycles. The van der Waals surface area contributed by atoms with Gasteiger partial charge in [0.2, 0.25) is 0 Å². The lowest BCUT2D eigenvalue weighted by Gasteiger charge is -2.12. The second-order valence-corrected chi connectivity index (χ2v) is 4.89. The van der Waals surface area contributed by atoms with Gasteiger partial charge in [0, 0.05) is 17.0 Å².